The van der Waals surface area contributed by atoms with Gasteiger partial charge in [-0.15, -0.1) is 0 Å². The normalized spacial score (nSPS) is 11.6. The summed E-state index contributed by atoms with van der Waals surface area (Å²) in [6.07, 6.45) is -3.39. The van der Waals surface area contributed by atoms with Crippen molar-refractivity contribution in [2.75, 3.05) is 0 Å². The predicted molar refractivity (Wildman–Crippen MR) is 61.1 cm³/mol. The first-order valence-corrected chi connectivity index (χ1v) is 5.50. The zero-order chi connectivity index (χ0) is 14.2. The van der Waals surface area contributed by atoms with Gasteiger partial charge in [0.15, 0.2) is 5.78 Å². The molecular formula is C12H7ClF3NO2. The van der Waals surface area contributed by atoms with E-state index < -0.39 is 22.8 Å². The van der Waals surface area contributed by atoms with Crippen molar-refractivity contribution in [1.82, 2.24) is 4.98 Å². The summed E-state index contributed by atoms with van der Waals surface area (Å²) in [6, 6.07) is 3.19. The maximum absolute atomic E-state index is 12.4. The van der Waals surface area contributed by atoms with Crippen molar-refractivity contribution >= 4 is 17.4 Å². The number of alkyl halides is 3. The molecule has 0 saturated heterocycles. The number of hydrogen-bond donors (Lipinski definition) is 0. The topological polar surface area (TPSA) is 43.1 Å². The van der Waals surface area contributed by atoms with E-state index in [4.69, 9.17) is 16.0 Å². The minimum atomic E-state index is -4.60. The lowest BCUT2D eigenvalue weighted by molar-refractivity contribution is -0.141. The van der Waals surface area contributed by atoms with E-state index >= 15 is 0 Å². The molecule has 0 bridgehead atoms. The molecule has 0 radical (unpaired) electrons. The first kappa shape index (κ1) is 13.6. The molecule has 0 saturated carbocycles. The Bertz CT molecular complexity index is 634. The molecule has 7 heteroatoms. The van der Waals surface area contributed by atoms with Gasteiger partial charge < -0.3 is 4.42 Å². The number of pyridine rings is 1. The monoisotopic (exact) mass is 289 g/mol. The van der Waals surface area contributed by atoms with E-state index in [1.165, 1.54) is 12.3 Å². The Hall–Kier alpha value is -1.82. The highest BCUT2D eigenvalue weighted by atomic mass is 35.5. The number of aryl methyl sites for hydroxylation is 1. The first-order valence-electron chi connectivity index (χ1n) is 5.12. The standard InChI is InChI=1S/C12H7ClF3NO2/c1-6-4-7(5-19-6)10(18)8-2-3-9(12(14,15)16)17-11(8)13/h2-5H,1H3. The van der Waals surface area contributed by atoms with Crippen LogP contribution in [0.3, 0.4) is 0 Å². The van der Waals surface area contributed by atoms with Crippen molar-refractivity contribution in [2.24, 2.45) is 0 Å². The Morgan fingerprint density at radius 3 is 2.53 bits per heavy atom. The quantitative estimate of drug-likeness (QED) is 0.622. The lowest BCUT2D eigenvalue weighted by Crippen LogP contribution is -2.10. The number of halogens is 4. The molecule has 0 aromatic carbocycles. The third kappa shape index (κ3) is 2.78. The summed E-state index contributed by atoms with van der Waals surface area (Å²) >= 11 is 5.62. The number of ketones is 1. The largest absolute Gasteiger partial charge is 0.469 e. The lowest BCUT2D eigenvalue weighted by Gasteiger charge is -2.07. The molecule has 0 fully saturated rings. The summed E-state index contributed by atoms with van der Waals surface area (Å²) in [6.45, 7) is 1.64. The number of furan rings is 1. The van der Waals surface area contributed by atoms with Crippen LogP contribution in [0, 0.1) is 6.92 Å². The van der Waals surface area contributed by atoms with Gasteiger partial charge in [0.25, 0.3) is 0 Å². The van der Waals surface area contributed by atoms with Crippen LogP contribution in [0.1, 0.15) is 27.4 Å². The molecule has 2 rings (SSSR count). The molecule has 3 nitrogen and oxygen atoms in total. The number of carbonyl (C=O) groups excluding carboxylic acids is 1. The Labute approximate surface area is 111 Å². The fourth-order valence-corrected chi connectivity index (χ4v) is 1.72. The van der Waals surface area contributed by atoms with Crippen LogP contribution in [0.25, 0.3) is 0 Å². The SMILES string of the molecule is Cc1cc(C(=O)c2ccc(C(F)(F)F)nc2Cl)co1. The molecule has 2 aromatic rings. The van der Waals surface area contributed by atoms with Gasteiger partial charge in [0.1, 0.15) is 22.9 Å². The van der Waals surface area contributed by atoms with Crippen LogP contribution in [0.5, 0.6) is 0 Å². The Balaban J connectivity index is 2.39. The van der Waals surface area contributed by atoms with Gasteiger partial charge in [-0.05, 0) is 25.1 Å². The van der Waals surface area contributed by atoms with Crippen LogP contribution in [-0.4, -0.2) is 10.8 Å². The van der Waals surface area contributed by atoms with Gasteiger partial charge in [0.2, 0.25) is 0 Å². The van der Waals surface area contributed by atoms with Crippen molar-refractivity contribution in [3.8, 4) is 0 Å². The molecule has 0 unspecified atom stereocenters. The Kier molecular flexibility index (Phi) is 3.36. The highest BCUT2D eigenvalue weighted by Crippen LogP contribution is 2.30. The van der Waals surface area contributed by atoms with E-state index in [0.717, 1.165) is 6.07 Å². The minimum Gasteiger partial charge on any atom is -0.469 e. The van der Waals surface area contributed by atoms with Crippen LogP contribution < -0.4 is 0 Å². The lowest BCUT2D eigenvalue weighted by atomic mass is 10.1. The summed E-state index contributed by atoms with van der Waals surface area (Å²) in [5.74, 6) is -0.0255. The third-order valence-electron chi connectivity index (χ3n) is 2.38. The van der Waals surface area contributed by atoms with Gasteiger partial charge in [-0.3, -0.25) is 4.79 Å². The van der Waals surface area contributed by atoms with Crippen LogP contribution >= 0.6 is 11.6 Å². The van der Waals surface area contributed by atoms with E-state index in [1.54, 1.807) is 6.92 Å². The summed E-state index contributed by atoms with van der Waals surface area (Å²) in [4.78, 5) is 15.2. The highest BCUT2D eigenvalue weighted by molar-refractivity contribution is 6.33. The van der Waals surface area contributed by atoms with Gasteiger partial charge in [0, 0.05) is 0 Å². The van der Waals surface area contributed by atoms with Crippen molar-refractivity contribution in [3.05, 3.63) is 52.2 Å². The van der Waals surface area contributed by atoms with Crippen LogP contribution in [0.4, 0.5) is 13.2 Å². The molecule has 0 aliphatic heterocycles. The van der Waals surface area contributed by atoms with E-state index in [0.29, 0.717) is 11.8 Å². The zero-order valence-electron chi connectivity index (χ0n) is 9.58. The van der Waals surface area contributed by atoms with Crippen LogP contribution in [-0.2, 0) is 6.18 Å². The maximum atomic E-state index is 12.4. The molecule has 0 aliphatic carbocycles. The smallest absolute Gasteiger partial charge is 0.433 e. The number of nitrogens with zero attached hydrogens (tertiary/aromatic N) is 1. The zero-order valence-corrected chi connectivity index (χ0v) is 10.3. The molecule has 0 amide bonds. The molecule has 0 spiro atoms. The highest BCUT2D eigenvalue weighted by Gasteiger charge is 2.33. The number of hydrogen-bond acceptors (Lipinski definition) is 3. The fraction of sp³-hybridized carbons (Fsp3) is 0.167. The molecule has 2 heterocycles. The Morgan fingerprint density at radius 2 is 2.05 bits per heavy atom. The molecular weight excluding hydrogens is 283 g/mol. The first-order chi connectivity index (χ1) is 8.79. The fourth-order valence-electron chi connectivity index (χ4n) is 1.48. The molecule has 19 heavy (non-hydrogen) atoms. The summed E-state index contributed by atoms with van der Waals surface area (Å²) in [5, 5.41) is -0.487. The summed E-state index contributed by atoms with van der Waals surface area (Å²) < 4.78 is 42.2. The number of carbonyl (C=O) groups is 1. The van der Waals surface area contributed by atoms with Gasteiger partial charge in [-0.25, -0.2) is 4.98 Å². The second kappa shape index (κ2) is 4.70. The van der Waals surface area contributed by atoms with Gasteiger partial charge in [-0.2, -0.15) is 13.2 Å². The van der Waals surface area contributed by atoms with E-state index in [9.17, 15) is 18.0 Å². The van der Waals surface area contributed by atoms with E-state index in [-0.39, 0.29) is 11.1 Å². The van der Waals surface area contributed by atoms with E-state index in [1.807, 2.05) is 0 Å². The summed E-state index contributed by atoms with van der Waals surface area (Å²) in [7, 11) is 0. The van der Waals surface area contributed by atoms with E-state index in [2.05, 4.69) is 4.98 Å². The number of aromatic nitrogens is 1. The minimum absolute atomic E-state index is 0.101. The van der Waals surface area contributed by atoms with Gasteiger partial charge in [0.05, 0.1) is 11.1 Å². The molecule has 100 valence electrons. The second-order valence-electron chi connectivity index (χ2n) is 3.81. The van der Waals surface area contributed by atoms with Crippen molar-refractivity contribution in [1.29, 1.82) is 0 Å². The molecule has 0 N–H and O–H groups in total. The predicted octanol–water partition coefficient (Wildman–Crippen LogP) is 3.89. The molecule has 2 aromatic heterocycles. The van der Waals surface area contributed by atoms with Crippen LogP contribution in [0.15, 0.2) is 28.9 Å². The van der Waals surface area contributed by atoms with Gasteiger partial charge >= 0.3 is 6.18 Å². The average molecular weight is 290 g/mol. The molecule has 0 aliphatic rings. The summed E-state index contributed by atoms with van der Waals surface area (Å²) in [5.41, 5.74) is -1.03. The maximum Gasteiger partial charge on any atom is 0.433 e. The Morgan fingerprint density at radius 1 is 1.37 bits per heavy atom. The third-order valence-corrected chi connectivity index (χ3v) is 2.66. The second-order valence-corrected chi connectivity index (χ2v) is 4.17. The average Bonchev–Trinajstić information content (AvgIpc) is 2.73. The van der Waals surface area contributed by atoms with Crippen molar-refractivity contribution < 1.29 is 22.4 Å². The van der Waals surface area contributed by atoms with Crippen molar-refractivity contribution in [3.63, 3.8) is 0 Å². The number of rotatable bonds is 2. The molecule has 0 atom stereocenters. The van der Waals surface area contributed by atoms with Gasteiger partial charge in [-0.1, -0.05) is 11.6 Å². The van der Waals surface area contributed by atoms with Crippen LogP contribution in [0.2, 0.25) is 5.15 Å². The van der Waals surface area contributed by atoms with Crippen molar-refractivity contribution in [2.45, 2.75) is 13.1 Å².